The number of rotatable bonds is 4. The average molecular weight is 548 g/mol. The van der Waals surface area contributed by atoms with E-state index in [-0.39, 0.29) is 11.4 Å². The molecule has 2 heterocycles. The topological polar surface area (TPSA) is 36.4 Å². The van der Waals surface area contributed by atoms with Crippen LogP contribution in [0.4, 0.5) is 5.69 Å². The molecule has 1 aliphatic carbocycles. The number of thioether (sulfide) groups is 1. The number of anilines is 1. The Bertz CT molecular complexity index is 1920. The summed E-state index contributed by atoms with van der Waals surface area (Å²) >= 11 is 1.89. The van der Waals surface area contributed by atoms with E-state index in [0.717, 1.165) is 29.9 Å². The molecule has 2 aliphatic heterocycles. The molecule has 0 spiro atoms. The van der Waals surface area contributed by atoms with Crippen LogP contribution in [0.1, 0.15) is 40.9 Å². The van der Waals surface area contributed by atoms with E-state index in [9.17, 15) is 0 Å². The summed E-state index contributed by atoms with van der Waals surface area (Å²) in [6.07, 6.45) is 11.2. The lowest BCUT2D eigenvalue weighted by Gasteiger charge is -2.24. The van der Waals surface area contributed by atoms with Gasteiger partial charge in [0.05, 0.1) is 11.7 Å². The van der Waals surface area contributed by atoms with Crippen molar-refractivity contribution < 1.29 is 0 Å². The predicted octanol–water partition coefficient (Wildman–Crippen LogP) is 9.46. The molecular formula is C37H29N3S. The Morgan fingerprint density at radius 2 is 1.54 bits per heavy atom. The highest BCUT2D eigenvalue weighted by molar-refractivity contribution is 8.00. The highest BCUT2D eigenvalue weighted by Crippen LogP contribution is 2.50. The quantitative estimate of drug-likeness (QED) is 0.220. The summed E-state index contributed by atoms with van der Waals surface area (Å²) in [7, 11) is 0. The summed E-state index contributed by atoms with van der Waals surface area (Å²) < 4.78 is 0. The highest BCUT2D eigenvalue weighted by Gasteiger charge is 2.26. The van der Waals surface area contributed by atoms with Gasteiger partial charge in [0.2, 0.25) is 0 Å². The first-order valence-electron chi connectivity index (χ1n) is 14.3. The van der Waals surface area contributed by atoms with Crippen LogP contribution in [-0.4, -0.2) is 5.84 Å². The summed E-state index contributed by atoms with van der Waals surface area (Å²) in [5.74, 6) is 0.911. The van der Waals surface area contributed by atoms with Crippen molar-refractivity contribution >= 4 is 44.8 Å². The summed E-state index contributed by atoms with van der Waals surface area (Å²) in [6.45, 7) is 0. The standard InChI is InChI=1S/C37H29N3S/c1-4-10-24(11-5-1)31-23-32(25-12-6-2-7-13-25)39-36(38-31)29-18-20-30-28(22-29)17-16-26-19-21-33-35(34(26)30)40-37(41-33)27-14-8-3-9-15-27/h1,3-6,8-23,31,37,40H,2,7H2,(H,38,39). The Labute approximate surface area is 244 Å². The molecule has 0 amide bonds. The number of amidine groups is 1. The maximum absolute atomic E-state index is 5.20. The minimum absolute atomic E-state index is 0.0367. The van der Waals surface area contributed by atoms with Gasteiger partial charge in [-0.05, 0) is 63.9 Å². The van der Waals surface area contributed by atoms with E-state index in [4.69, 9.17) is 4.99 Å². The zero-order valence-corrected chi connectivity index (χ0v) is 23.4. The van der Waals surface area contributed by atoms with Crippen LogP contribution in [0.3, 0.4) is 0 Å². The molecule has 41 heavy (non-hydrogen) atoms. The Balaban J connectivity index is 1.20. The van der Waals surface area contributed by atoms with E-state index in [1.165, 1.54) is 48.8 Å². The molecule has 2 unspecified atom stereocenters. The Morgan fingerprint density at radius 1 is 0.756 bits per heavy atom. The van der Waals surface area contributed by atoms with Crippen LogP contribution in [0.2, 0.25) is 0 Å². The fourth-order valence-electron chi connectivity index (χ4n) is 6.08. The second kappa shape index (κ2) is 10.1. The summed E-state index contributed by atoms with van der Waals surface area (Å²) in [5.41, 5.74) is 7.20. The SMILES string of the molecule is C1=CC(C2=CC(c3ccccc3)N=C(c3ccc4c(ccc5ccc6c(c54)NC(c4ccccc4)S6)c3)N2)=CCC1. The van der Waals surface area contributed by atoms with E-state index in [2.05, 4.69) is 138 Å². The van der Waals surface area contributed by atoms with E-state index in [1.54, 1.807) is 0 Å². The fraction of sp³-hybridized carbons (Fsp3) is 0.108. The molecule has 198 valence electrons. The molecule has 2 atom stereocenters. The van der Waals surface area contributed by atoms with Crippen LogP contribution in [0.25, 0.3) is 21.5 Å². The molecule has 0 saturated heterocycles. The Morgan fingerprint density at radius 3 is 2.34 bits per heavy atom. The number of nitrogens with one attached hydrogen (secondary N) is 2. The molecule has 0 fully saturated rings. The van der Waals surface area contributed by atoms with Crippen LogP contribution in [-0.2, 0) is 0 Å². The second-order valence-corrected chi connectivity index (χ2v) is 11.9. The minimum atomic E-state index is -0.0367. The van der Waals surface area contributed by atoms with Gasteiger partial charge in [-0.15, -0.1) is 0 Å². The lowest BCUT2D eigenvalue weighted by molar-refractivity contribution is 0.848. The number of nitrogens with zero attached hydrogens (tertiary/aromatic N) is 1. The van der Waals surface area contributed by atoms with Crippen molar-refractivity contribution in [2.75, 3.05) is 5.32 Å². The van der Waals surface area contributed by atoms with Gasteiger partial charge in [0.15, 0.2) is 0 Å². The predicted molar refractivity (Wildman–Crippen MR) is 174 cm³/mol. The molecule has 0 aromatic heterocycles. The normalized spacial score (nSPS) is 19.7. The van der Waals surface area contributed by atoms with Gasteiger partial charge in [-0.3, -0.25) is 4.99 Å². The van der Waals surface area contributed by atoms with Crippen molar-refractivity contribution in [3.63, 3.8) is 0 Å². The van der Waals surface area contributed by atoms with Gasteiger partial charge in [-0.25, -0.2) is 0 Å². The third kappa shape index (κ3) is 4.45. The third-order valence-electron chi connectivity index (χ3n) is 8.15. The van der Waals surface area contributed by atoms with Crippen molar-refractivity contribution in [2.45, 2.75) is 29.2 Å². The number of aliphatic imine (C=N–C) groups is 1. The fourth-order valence-corrected chi connectivity index (χ4v) is 7.23. The molecule has 5 aromatic rings. The van der Waals surface area contributed by atoms with Crippen LogP contribution in [0, 0.1) is 0 Å². The molecule has 0 radical (unpaired) electrons. The maximum Gasteiger partial charge on any atom is 0.133 e. The monoisotopic (exact) mass is 547 g/mol. The zero-order valence-electron chi connectivity index (χ0n) is 22.5. The van der Waals surface area contributed by atoms with Crippen LogP contribution >= 0.6 is 11.8 Å². The molecule has 0 saturated carbocycles. The number of hydrogen-bond acceptors (Lipinski definition) is 4. The number of benzene rings is 5. The van der Waals surface area contributed by atoms with Gasteiger partial charge in [0, 0.05) is 21.5 Å². The Hall–Kier alpha value is -4.54. The first-order valence-corrected chi connectivity index (χ1v) is 15.1. The first-order chi connectivity index (χ1) is 20.3. The van der Waals surface area contributed by atoms with Crippen molar-refractivity contribution in [3.05, 3.63) is 155 Å². The molecule has 4 heteroatoms. The van der Waals surface area contributed by atoms with Crippen molar-refractivity contribution in [3.8, 4) is 0 Å². The minimum Gasteiger partial charge on any atom is -0.368 e. The van der Waals surface area contributed by atoms with Gasteiger partial charge in [0.1, 0.15) is 11.2 Å². The molecular weight excluding hydrogens is 518 g/mol. The molecule has 2 N–H and O–H groups in total. The second-order valence-electron chi connectivity index (χ2n) is 10.8. The van der Waals surface area contributed by atoms with Crippen LogP contribution in [0.15, 0.2) is 149 Å². The largest absolute Gasteiger partial charge is 0.368 e. The van der Waals surface area contributed by atoms with Crippen molar-refractivity contribution in [1.29, 1.82) is 0 Å². The van der Waals surface area contributed by atoms with Gasteiger partial charge < -0.3 is 10.6 Å². The smallest absolute Gasteiger partial charge is 0.133 e. The maximum atomic E-state index is 5.20. The zero-order chi connectivity index (χ0) is 27.2. The van der Waals surface area contributed by atoms with Gasteiger partial charge in [0.25, 0.3) is 0 Å². The highest BCUT2D eigenvalue weighted by atomic mass is 32.2. The van der Waals surface area contributed by atoms with E-state index in [1.807, 2.05) is 11.8 Å². The van der Waals surface area contributed by atoms with Crippen LogP contribution < -0.4 is 10.6 Å². The number of allylic oxidation sites excluding steroid dienone is 3. The molecule has 0 bridgehead atoms. The lowest BCUT2D eigenvalue weighted by atomic mass is 9.96. The van der Waals surface area contributed by atoms with E-state index in [0.29, 0.717) is 0 Å². The first kappa shape index (κ1) is 24.3. The number of hydrogen-bond donors (Lipinski definition) is 2. The van der Waals surface area contributed by atoms with Crippen molar-refractivity contribution in [2.24, 2.45) is 4.99 Å². The van der Waals surface area contributed by atoms with Crippen molar-refractivity contribution in [1.82, 2.24) is 5.32 Å². The summed E-state index contributed by atoms with van der Waals surface area (Å²) in [6, 6.07) is 37.0. The lowest BCUT2D eigenvalue weighted by Crippen LogP contribution is -2.29. The Kier molecular flexibility index (Phi) is 6.00. The van der Waals surface area contributed by atoms with Crippen LogP contribution in [0.5, 0.6) is 0 Å². The average Bonchev–Trinajstić information content (AvgIpc) is 3.50. The summed E-state index contributed by atoms with van der Waals surface area (Å²) in [5, 5.41) is 12.8. The molecule has 5 aromatic carbocycles. The summed E-state index contributed by atoms with van der Waals surface area (Å²) in [4.78, 5) is 6.50. The van der Waals surface area contributed by atoms with Gasteiger partial charge in [-0.1, -0.05) is 121 Å². The molecule has 3 nitrogen and oxygen atoms in total. The van der Waals surface area contributed by atoms with E-state index < -0.39 is 0 Å². The molecule has 3 aliphatic rings. The number of fused-ring (bicyclic) bond motifs is 5. The van der Waals surface area contributed by atoms with Gasteiger partial charge in [-0.2, -0.15) is 0 Å². The third-order valence-corrected chi connectivity index (χ3v) is 9.37. The van der Waals surface area contributed by atoms with Gasteiger partial charge >= 0.3 is 0 Å². The molecule has 8 rings (SSSR count). The van der Waals surface area contributed by atoms with E-state index >= 15 is 0 Å².